The quantitative estimate of drug-likeness (QED) is 0.452. The molecule has 0 fully saturated rings. The third kappa shape index (κ3) is 5.09. The molecule has 0 aliphatic carbocycles. The molecule has 9 nitrogen and oxygen atoms in total. The van der Waals surface area contributed by atoms with Gasteiger partial charge in [-0.15, -0.1) is 0 Å². The van der Waals surface area contributed by atoms with E-state index in [4.69, 9.17) is 9.47 Å². The molecule has 0 saturated carbocycles. The van der Waals surface area contributed by atoms with Gasteiger partial charge in [0.25, 0.3) is 5.56 Å². The maximum atomic E-state index is 12.9. The summed E-state index contributed by atoms with van der Waals surface area (Å²) in [6, 6.07) is 15.6. The van der Waals surface area contributed by atoms with Crippen LogP contribution in [-0.4, -0.2) is 35.0 Å². The molecule has 4 aromatic rings. The average Bonchev–Trinajstić information content (AvgIpc) is 2.85. The van der Waals surface area contributed by atoms with Crippen LogP contribution in [0.1, 0.15) is 11.3 Å². The minimum atomic E-state index is -0.429. The number of urea groups is 1. The molecule has 0 saturated heterocycles. The lowest BCUT2D eigenvalue weighted by molar-refractivity contribution is 0.251. The van der Waals surface area contributed by atoms with Crippen molar-refractivity contribution in [1.82, 2.24) is 20.1 Å². The summed E-state index contributed by atoms with van der Waals surface area (Å²) < 4.78 is 11.9. The predicted molar refractivity (Wildman–Crippen MR) is 125 cm³/mol. The summed E-state index contributed by atoms with van der Waals surface area (Å²) in [4.78, 5) is 29.6. The minimum Gasteiger partial charge on any atom is -0.497 e. The molecule has 33 heavy (non-hydrogen) atoms. The second-order valence-electron chi connectivity index (χ2n) is 7.23. The van der Waals surface area contributed by atoms with E-state index in [1.165, 1.54) is 18.9 Å². The number of carbonyl (C=O) groups is 1. The number of methoxy groups -OCH3 is 2. The maximum absolute atomic E-state index is 12.9. The third-order valence-electron chi connectivity index (χ3n) is 5.03. The first-order valence-electron chi connectivity index (χ1n) is 10.2. The number of fused-ring (bicyclic) bond motifs is 1. The zero-order valence-corrected chi connectivity index (χ0v) is 18.2. The molecule has 2 aromatic heterocycles. The van der Waals surface area contributed by atoms with Crippen LogP contribution < -0.4 is 25.7 Å². The van der Waals surface area contributed by atoms with Crippen LogP contribution in [0.2, 0.25) is 0 Å². The Morgan fingerprint density at radius 3 is 2.39 bits per heavy atom. The predicted octanol–water partition coefficient (Wildman–Crippen LogP) is 3.18. The molecule has 2 aromatic carbocycles. The molecule has 9 heteroatoms. The van der Waals surface area contributed by atoms with Gasteiger partial charge in [-0.3, -0.25) is 9.78 Å². The molecule has 168 valence electrons. The number of nitrogens with one attached hydrogen (secondary N) is 2. The Morgan fingerprint density at radius 2 is 1.73 bits per heavy atom. The van der Waals surface area contributed by atoms with Gasteiger partial charge in [-0.1, -0.05) is 24.3 Å². The maximum Gasteiger partial charge on any atom is 0.319 e. The molecule has 0 aliphatic rings. The van der Waals surface area contributed by atoms with Crippen LogP contribution in [0.15, 0.2) is 71.8 Å². The molecule has 0 radical (unpaired) electrons. The van der Waals surface area contributed by atoms with Crippen LogP contribution in [0, 0.1) is 0 Å². The monoisotopic (exact) mass is 445 g/mol. The highest BCUT2D eigenvalue weighted by Crippen LogP contribution is 2.25. The van der Waals surface area contributed by atoms with Gasteiger partial charge in [0.15, 0.2) is 0 Å². The molecule has 0 aliphatic heterocycles. The highest BCUT2D eigenvalue weighted by Gasteiger charge is 2.12. The molecular formula is C24H23N5O4. The van der Waals surface area contributed by atoms with E-state index < -0.39 is 6.03 Å². The van der Waals surface area contributed by atoms with E-state index in [0.717, 1.165) is 5.56 Å². The Hall–Kier alpha value is -4.40. The van der Waals surface area contributed by atoms with E-state index in [1.54, 1.807) is 42.7 Å². The zero-order chi connectivity index (χ0) is 23.2. The molecule has 4 rings (SSSR count). The number of carbonyl (C=O) groups excluding carboxylic acids is 1. The number of hydrogen-bond acceptors (Lipinski definition) is 6. The first kappa shape index (κ1) is 21.8. The van der Waals surface area contributed by atoms with Crippen LogP contribution in [-0.2, 0) is 13.1 Å². The topological polar surface area (TPSA) is 107 Å². The standard InChI is InChI=1S/C24H23N5O4/c1-32-18-10-17(11-19(12-18)33-2)27-24(31)26-14-22-20-7-3-4-8-21(20)23(30)29(28-22)15-16-6-5-9-25-13-16/h3-13H,14-15H2,1-2H3,(H2,26,27,31). The van der Waals surface area contributed by atoms with Crippen molar-refractivity contribution >= 4 is 22.5 Å². The fourth-order valence-electron chi connectivity index (χ4n) is 3.43. The van der Waals surface area contributed by atoms with Gasteiger partial charge in [-0.05, 0) is 17.7 Å². The van der Waals surface area contributed by atoms with Gasteiger partial charge in [0.05, 0.1) is 38.4 Å². The molecule has 2 heterocycles. The molecule has 2 N–H and O–H groups in total. The van der Waals surface area contributed by atoms with E-state index in [1.807, 2.05) is 24.3 Å². The van der Waals surface area contributed by atoms with Gasteiger partial charge in [-0.2, -0.15) is 5.10 Å². The van der Waals surface area contributed by atoms with Crippen molar-refractivity contribution in [3.8, 4) is 11.5 Å². The third-order valence-corrected chi connectivity index (χ3v) is 5.03. The summed E-state index contributed by atoms with van der Waals surface area (Å²) in [5.41, 5.74) is 1.74. The summed E-state index contributed by atoms with van der Waals surface area (Å²) in [5.74, 6) is 1.11. The van der Waals surface area contributed by atoms with Crippen molar-refractivity contribution in [3.63, 3.8) is 0 Å². The summed E-state index contributed by atoms with van der Waals surface area (Å²) in [5, 5.41) is 11.3. The molecule has 0 spiro atoms. The fraction of sp³-hybridized carbons (Fsp3) is 0.167. The molecule has 0 bridgehead atoms. The number of ether oxygens (including phenoxy) is 2. The van der Waals surface area contributed by atoms with Gasteiger partial charge < -0.3 is 20.1 Å². The Labute approximate surface area is 190 Å². The highest BCUT2D eigenvalue weighted by molar-refractivity contribution is 5.90. The zero-order valence-electron chi connectivity index (χ0n) is 18.2. The molecular weight excluding hydrogens is 422 g/mol. The number of anilines is 1. The smallest absolute Gasteiger partial charge is 0.319 e. The SMILES string of the molecule is COc1cc(NC(=O)NCc2nn(Cc3cccnc3)c(=O)c3ccccc23)cc(OC)c1. The van der Waals surface area contributed by atoms with Crippen LogP contribution in [0.5, 0.6) is 11.5 Å². The average molecular weight is 445 g/mol. The van der Waals surface area contributed by atoms with Crippen molar-refractivity contribution in [2.75, 3.05) is 19.5 Å². The molecule has 2 amide bonds. The minimum absolute atomic E-state index is 0.126. The Kier molecular flexibility index (Phi) is 6.49. The van der Waals surface area contributed by atoms with Crippen LogP contribution >= 0.6 is 0 Å². The van der Waals surface area contributed by atoms with E-state index in [0.29, 0.717) is 33.7 Å². The summed E-state index contributed by atoms with van der Waals surface area (Å²) in [6.45, 7) is 0.404. The number of aromatic nitrogens is 3. The van der Waals surface area contributed by atoms with E-state index in [2.05, 4.69) is 20.7 Å². The number of nitrogens with zero attached hydrogens (tertiary/aromatic N) is 3. The van der Waals surface area contributed by atoms with E-state index in [-0.39, 0.29) is 18.6 Å². The Bertz CT molecular complexity index is 1320. The summed E-state index contributed by atoms with van der Waals surface area (Å²) in [6.07, 6.45) is 3.36. The largest absolute Gasteiger partial charge is 0.497 e. The van der Waals surface area contributed by atoms with Crippen LogP contribution in [0.25, 0.3) is 10.8 Å². The van der Waals surface area contributed by atoms with Crippen molar-refractivity contribution in [3.05, 3.63) is 88.6 Å². The number of pyridine rings is 1. The number of amides is 2. The Morgan fingerprint density at radius 1 is 1.00 bits per heavy atom. The van der Waals surface area contributed by atoms with E-state index >= 15 is 0 Å². The van der Waals surface area contributed by atoms with Crippen molar-refractivity contribution in [2.24, 2.45) is 0 Å². The second kappa shape index (κ2) is 9.82. The van der Waals surface area contributed by atoms with Crippen molar-refractivity contribution in [2.45, 2.75) is 13.1 Å². The van der Waals surface area contributed by atoms with Crippen LogP contribution in [0.3, 0.4) is 0 Å². The van der Waals surface area contributed by atoms with E-state index in [9.17, 15) is 9.59 Å². The number of hydrogen-bond donors (Lipinski definition) is 2. The van der Waals surface area contributed by atoms with Crippen molar-refractivity contribution in [1.29, 1.82) is 0 Å². The second-order valence-corrected chi connectivity index (χ2v) is 7.23. The van der Waals surface area contributed by atoms with Gasteiger partial charge in [0.2, 0.25) is 0 Å². The molecule has 0 unspecified atom stereocenters. The van der Waals surface area contributed by atoms with Gasteiger partial charge in [-0.25, -0.2) is 9.48 Å². The summed E-state index contributed by atoms with van der Waals surface area (Å²) >= 11 is 0. The lowest BCUT2D eigenvalue weighted by atomic mass is 10.1. The lowest BCUT2D eigenvalue weighted by Crippen LogP contribution is -2.31. The first-order valence-corrected chi connectivity index (χ1v) is 10.2. The van der Waals surface area contributed by atoms with Gasteiger partial charge >= 0.3 is 6.03 Å². The number of rotatable bonds is 7. The lowest BCUT2D eigenvalue weighted by Gasteiger charge is -2.13. The first-order chi connectivity index (χ1) is 16.1. The Balaban J connectivity index is 1.56. The fourth-order valence-corrected chi connectivity index (χ4v) is 3.43. The normalized spacial score (nSPS) is 10.6. The van der Waals surface area contributed by atoms with Crippen molar-refractivity contribution < 1.29 is 14.3 Å². The molecule has 0 atom stereocenters. The van der Waals surface area contributed by atoms with Gasteiger partial charge in [0, 0.05) is 41.7 Å². The number of benzene rings is 2. The van der Waals surface area contributed by atoms with Crippen LogP contribution in [0.4, 0.5) is 10.5 Å². The van der Waals surface area contributed by atoms with Gasteiger partial charge in [0.1, 0.15) is 11.5 Å². The summed E-state index contributed by atoms with van der Waals surface area (Å²) in [7, 11) is 3.08. The highest BCUT2D eigenvalue weighted by atomic mass is 16.5.